The van der Waals surface area contributed by atoms with E-state index in [1.165, 1.54) is 10.6 Å². The summed E-state index contributed by atoms with van der Waals surface area (Å²) in [5.74, 6) is 0.523. The zero-order valence-corrected chi connectivity index (χ0v) is 16.1. The van der Waals surface area contributed by atoms with E-state index < -0.39 is 0 Å². The third-order valence-electron chi connectivity index (χ3n) is 4.53. The monoisotopic (exact) mass is 401 g/mol. The Labute approximate surface area is 172 Å². The van der Waals surface area contributed by atoms with Gasteiger partial charge in [0.1, 0.15) is 5.82 Å². The van der Waals surface area contributed by atoms with Gasteiger partial charge in [-0.3, -0.25) is 9.36 Å². The second kappa shape index (κ2) is 8.13. The SMILES string of the molecule is [C-]#[N+]c1ccc(Cn2cncc2Cc2ccc(-n3cc(Cl)ccc3=O)nc2)cc1. The third-order valence-corrected chi connectivity index (χ3v) is 4.76. The molecule has 0 saturated heterocycles. The normalized spacial score (nSPS) is 10.6. The summed E-state index contributed by atoms with van der Waals surface area (Å²) in [7, 11) is 0. The van der Waals surface area contributed by atoms with Crippen LogP contribution in [0.15, 0.2) is 78.2 Å². The van der Waals surface area contributed by atoms with Gasteiger partial charge in [-0.2, -0.15) is 0 Å². The average molecular weight is 402 g/mol. The van der Waals surface area contributed by atoms with E-state index >= 15 is 0 Å². The number of hydrogen-bond acceptors (Lipinski definition) is 3. The first-order valence-electron chi connectivity index (χ1n) is 8.91. The van der Waals surface area contributed by atoms with Crippen LogP contribution in [0.4, 0.5) is 5.69 Å². The third kappa shape index (κ3) is 4.26. The lowest BCUT2D eigenvalue weighted by Crippen LogP contribution is -2.17. The largest absolute Gasteiger partial charge is 0.330 e. The van der Waals surface area contributed by atoms with Crippen LogP contribution < -0.4 is 5.56 Å². The summed E-state index contributed by atoms with van der Waals surface area (Å²) in [5.41, 5.74) is 3.61. The van der Waals surface area contributed by atoms with Crippen molar-refractivity contribution in [1.29, 1.82) is 0 Å². The Bertz CT molecular complexity index is 1230. The highest BCUT2D eigenvalue weighted by atomic mass is 35.5. The molecular weight excluding hydrogens is 386 g/mol. The van der Waals surface area contributed by atoms with E-state index in [0.29, 0.717) is 29.5 Å². The zero-order chi connectivity index (χ0) is 20.2. The van der Waals surface area contributed by atoms with Gasteiger partial charge in [-0.15, -0.1) is 0 Å². The molecule has 0 atom stereocenters. The molecule has 0 fully saturated rings. The van der Waals surface area contributed by atoms with Crippen LogP contribution in [0.25, 0.3) is 10.7 Å². The van der Waals surface area contributed by atoms with Crippen molar-refractivity contribution in [3.05, 3.63) is 117 Å². The second-order valence-electron chi connectivity index (χ2n) is 6.55. The molecule has 0 aliphatic carbocycles. The predicted octanol–water partition coefficient (Wildman–Crippen LogP) is 4.27. The molecule has 0 aliphatic heterocycles. The molecule has 1 aromatic carbocycles. The van der Waals surface area contributed by atoms with Crippen molar-refractivity contribution in [2.45, 2.75) is 13.0 Å². The maximum atomic E-state index is 12.0. The number of aromatic nitrogens is 4. The van der Waals surface area contributed by atoms with E-state index in [-0.39, 0.29) is 5.56 Å². The van der Waals surface area contributed by atoms with Gasteiger partial charge in [0.05, 0.1) is 17.9 Å². The molecule has 6 nitrogen and oxygen atoms in total. The fraction of sp³-hybridized carbons (Fsp3) is 0.0909. The van der Waals surface area contributed by atoms with E-state index in [1.54, 1.807) is 30.9 Å². The molecule has 7 heteroatoms. The summed E-state index contributed by atoms with van der Waals surface area (Å²) in [5, 5.41) is 0.476. The summed E-state index contributed by atoms with van der Waals surface area (Å²) in [6.45, 7) is 7.72. The topological polar surface area (TPSA) is 57.1 Å². The lowest BCUT2D eigenvalue weighted by atomic mass is 10.1. The maximum absolute atomic E-state index is 12.0. The van der Waals surface area contributed by atoms with Crippen LogP contribution in [0.3, 0.4) is 0 Å². The molecule has 142 valence electrons. The van der Waals surface area contributed by atoms with E-state index in [0.717, 1.165) is 16.8 Å². The van der Waals surface area contributed by atoms with Crippen molar-refractivity contribution in [2.75, 3.05) is 0 Å². The molecule has 0 saturated carbocycles. The Kier molecular flexibility index (Phi) is 5.23. The molecule has 29 heavy (non-hydrogen) atoms. The summed E-state index contributed by atoms with van der Waals surface area (Å²) in [6.07, 6.45) is 7.61. The number of rotatable bonds is 5. The van der Waals surface area contributed by atoms with Crippen LogP contribution in [0.1, 0.15) is 16.8 Å². The van der Waals surface area contributed by atoms with Gasteiger partial charge in [-0.1, -0.05) is 41.9 Å². The number of imidazole rings is 1. The van der Waals surface area contributed by atoms with Gasteiger partial charge in [0.15, 0.2) is 5.69 Å². The van der Waals surface area contributed by atoms with Crippen LogP contribution in [0, 0.1) is 6.57 Å². The van der Waals surface area contributed by atoms with Gasteiger partial charge in [-0.05, 0) is 23.3 Å². The van der Waals surface area contributed by atoms with Gasteiger partial charge >= 0.3 is 0 Å². The lowest BCUT2D eigenvalue weighted by Gasteiger charge is -2.10. The van der Waals surface area contributed by atoms with Gasteiger partial charge in [0.25, 0.3) is 5.56 Å². The van der Waals surface area contributed by atoms with Crippen molar-refractivity contribution < 1.29 is 0 Å². The average Bonchev–Trinajstić information content (AvgIpc) is 3.17. The first-order chi connectivity index (χ1) is 14.1. The molecule has 3 aromatic heterocycles. The smallest absolute Gasteiger partial charge is 0.256 e. The minimum absolute atomic E-state index is 0.183. The fourth-order valence-electron chi connectivity index (χ4n) is 3.02. The standard InChI is InChI=1S/C22H16ClN5O/c1-24-19-6-2-16(3-7-19)13-27-15-25-12-20(27)10-17-4-8-21(26-11-17)28-14-18(23)5-9-22(28)29/h2-9,11-12,14-15H,10,13H2. The Morgan fingerprint density at radius 2 is 1.79 bits per heavy atom. The van der Waals surface area contributed by atoms with Crippen LogP contribution in [-0.4, -0.2) is 19.1 Å². The molecule has 0 bridgehead atoms. The van der Waals surface area contributed by atoms with Crippen LogP contribution in [0.2, 0.25) is 5.02 Å². The van der Waals surface area contributed by atoms with Crippen molar-refractivity contribution in [1.82, 2.24) is 19.1 Å². The zero-order valence-electron chi connectivity index (χ0n) is 15.4. The highest BCUT2D eigenvalue weighted by Gasteiger charge is 2.07. The predicted molar refractivity (Wildman–Crippen MR) is 112 cm³/mol. The molecule has 4 rings (SSSR count). The minimum Gasteiger partial charge on any atom is -0.330 e. The molecular formula is C22H16ClN5O. The number of nitrogens with zero attached hydrogens (tertiary/aromatic N) is 5. The molecule has 0 amide bonds. The number of pyridine rings is 2. The maximum Gasteiger partial charge on any atom is 0.256 e. The number of halogens is 1. The Balaban J connectivity index is 1.51. The van der Waals surface area contributed by atoms with Gasteiger partial charge in [0.2, 0.25) is 0 Å². The molecule has 0 N–H and O–H groups in total. The number of benzene rings is 1. The first kappa shape index (κ1) is 18.7. The van der Waals surface area contributed by atoms with Crippen molar-refractivity contribution in [2.24, 2.45) is 0 Å². The summed E-state index contributed by atoms with van der Waals surface area (Å²) >= 11 is 5.98. The Morgan fingerprint density at radius 3 is 2.52 bits per heavy atom. The summed E-state index contributed by atoms with van der Waals surface area (Å²) in [4.78, 5) is 24.1. The second-order valence-corrected chi connectivity index (χ2v) is 6.98. The Morgan fingerprint density at radius 1 is 1.00 bits per heavy atom. The summed E-state index contributed by atoms with van der Waals surface area (Å²) in [6, 6.07) is 14.3. The molecule has 0 radical (unpaired) electrons. The number of hydrogen-bond donors (Lipinski definition) is 0. The lowest BCUT2D eigenvalue weighted by molar-refractivity contribution is 0.753. The minimum atomic E-state index is -0.183. The Hall–Kier alpha value is -3.69. The van der Waals surface area contributed by atoms with Gasteiger partial charge < -0.3 is 4.57 Å². The van der Waals surface area contributed by atoms with Crippen molar-refractivity contribution in [3.63, 3.8) is 0 Å². The summed E-state index contributed by atoms with van der Waals surface area (Å²) < 4.78 is 3.49. The van der Waals surface area contributed by atoms with Crippen LogP contribution in [-0.2, 0) is 13.0 Å². The highest BCUT2D eigenvalue weighted by molar-refractivity contribution is 6.30. The molecule has 3 heterocycles. The molecule has 0 spiro atoms. The molecule has 0 unspecified atom stereocenters. The highest BCUT2D eigenvalue weighted by Crippen LogP contribution is 2.16. The van der Waals surface area contributed by atoms with E-state index in [2.05, 4.69) is 19.4 Å². The molecule has 0 aliphatic rings. The quantitative estimate of drug-likeness (QED) is 0.469. The van der Waals surface area contributed by atoms with E-state index in [9.17, 15) is 4.79 Å². The van der Waals surface area contributed by atoms with Gasteiger partial charge in [-0.25, -0.2) is 14.8 Å². The van der Waals surface area contributed by atoms with E-state index in [1.807, 2.05) is 36.5 Å². The van der Waals surface area contributed by atoms with Crippen molar-refractivity contribution in [3.8, 4) is 5.82 Å². The van der Waals surface area contributed by atoms with E-state index in [4.69, 9.17) is 18.2 Å². The van der Waals surface area contributed by atoms with Crippen LogP contribution >= 0.6 is 11.6 Å². The van der Waals surface area contributed by atoms with Crippen molar-refractivity contribution >= 4 is 17.3 Å². The molecule has 4 aromatic rings. The first-order valence-corrected chi connectivity index (χ1v) is 9.29. The van der Waals surface area contributed by atoms with Gasteiger partial charge in [0, 0.05) is 43.3 Å². The fourth-order valence-corrected chi connectivity index (χ4v) is 3.18. The van der Waals surface area contributed by atoms with Crippen LogP contribution in [0.5, 0.6) is 0 Å².